The molecule has 1 fully saturated rings. The van der Waals surface area contributed by atoms with Crippen molar-refractivity contribution in [1.29, 1.82) is 0 Å². The Balaban J connectivity index is 1.78. The molecule has 2 aromatic rings. The average Bonchev–Trinajstić information content (AvgIpc) is 2.93. The Morgan fingerprint density at radius 3 is 2.48 bits per heavy atom. The third-order valence-corrected chi connectivity index (χ3v) is 6.73. The average molecular weight is 364 g/mol. The maximum atomic E-state index is 12.2. The molecule has 25 heavy (non-hydrogen) atoms. The second-order valence-electron chi connectivity index (χ2n) is 6.64. The Bertz CT molecular complexity index is 833. The van der Waals surface area contributed by atoms with Gasteiger partial charge in [-0.1, -0.05) is 5.16 Å². The van der Waals surface area contributed by atoms with Gasteiger partial charge in [0.1, 0.15) is 5.76 Å². The highest BCUT2D eigenvalue weighted by Gasteiger charge is 2.30. The largest absolute Gasteiger partial charge is 0.361 e. The molecule has 3 heterocycles. The fraction of sp³-hybridized carbons (Fsp3) is 0.529. The number of rotatable bonds is 4. The minimum absolute atomic E-state index is 0.329. The molecule has 8 heteroatoms. The highest BCUT2D eigenvalue weighted by atomic mass is 32.2. The Hall–Kier alpha value is -1.77. The van der Waals surface area contributed by atoms with Crippen molar-refractivity contribution in [2.45, 2.75) is 32.6 Å². The quantitative estimate of drug-likeness (QED) is 0.832. The summed E-state index contributed by atoms with van der Waals surface area (Å²) in [6.07, 6.45) is 3.41. The van der Waals surface area contributed by atoms with Crippen molar-refractivity contribution >= 4 is 10.2 Å². The van der Waals surface area contributed by atoms with Crippen LogP contribution in [-0.2, 0) is 10.2 Å². The zero-order valence-corrected chi connectivity index (χ0v) is 15.9. The molecule has 136 valence electrons. The number of aromatic nitrogens is 2. The van der Waals surface area contributed by atoms with Crippen LogP contribution in [0.5, 0.6) is 0 Å². The van der Waals surface area contributed by atoms with E-state index in [1.807, 2.05) is 19.9 Å². The van der Waals surface area contributed by atoms with E-state index >= 15 is 0 Å². The lowest BCUT2D eigenvalue weighted by Crippen LogP contribution is -2.44. The predicted molar refractivity (Wildman–Crippen MR) is 95.4 cm³/mol. The third-order valence-electron chi connectivity index (χ3n) is 4.79. The summed E-state index contributed by atoms with van der Waals surface area (Å²) in [5.74, 6) is 1.09. The molecule has 0 atom stereocenters. The molecule has 0 unspecified atom stereocenters. The molecule has 1 aliphatic rings. The zero-order chi connectivity index (χ0) is 18.2. The molecule has 0 radical (unpaired) electrons. The maximum absolute atomic E-state index is 12.2. The SMILES string of the molecule is Cc1noc(C)c1-c1cc(C2CCN(S(=O)(=O)N(C)C)CC2)ccn1. The van der Waals surface area contributed by atoms with Crippen molar-refractivity contribution in [3.63, 3.8) is 0 Å². The number of pyridine rings is 1. The summed E-state index contributed by atoms with van der Waals surface area (Å²) < 4.78 is 32.5. The number of nitrogens with zero attached hydrogens (tertiary/aromatic N) is 4. The van der Waals surface area contributed by atoms with Crippen molar-refractivity contribution in [1.82, 2.24) is 18.8 Å². The van der Waals surface area contributed by atoms with Crippen LogP contribution < -0.4 is 0 Å². The van der Waals surface area contributed by atoms with Crippen LogP contribution in [0.2, 0.25) is 0 Å². The molecule has 3 rings (SSSR count). The summed E-state index contributed by atoms with van der Waals surface area (Å²) in [5, 5.41) is 4.00. The van der Waals surface area contributed by atoms with Crippen molar-refractivity contribution in [2.75, 3.05) is 27.2 Å². The summed E-state index contributed by atoms with van der Waals surface area (Å²) in [6.45, 7) is 4.86. The molecule has 0 amide bonds. The van der Waals surface area contributed by atoms with Gasteiger partial charge in [0.25, 0.3) is 10.2 Å². The maximum Gasteiger partial charge on any atom is 0.281 e. The molecular weight excluding hydrogens is 340 g/mol. The Morgan fingerprint density at radius 2 is 1.92 bits per heavy atom. The van der Waals surface area contributed by atoms with Crippen LogP contribution in [-0.4, -0.2) is 54.4 Å². The fourth-order valence-electron chi connectivity index (χ4n) is 3.34. The third kappa shape index (κ3) is 3.47. The van der Waals surface area contributed by atoms with Crippen LogP contribution in [0.15, 0.2) is 22.9 Å². The Labute approximate surface area is 148 Å². The van der Waals surface area contributed by atoms with E-state index in [4.69, 9.17) is 4.52 Å². The van der Waals surface area contributed by atoms with Crippen LogP contribution in [0.25, 0.3) is 11.3 Å². The van der Waals surface area contributed by atoms with Gasteiger partial charge in [0.2, 0.25) is 0 Å². The number of aryl methyl sites for hydroxylation is 2. The van der Waals surface area contributed by atoms with Crippen LogP contribution in [0, 0.1) is 13.8 Å². The van der Waals surface area contributed by atoms with Gasteiger partial charge in [-0.3, -0.25) is 4.98 Å². The van der Waals surface area contributed by atoms with Gasteiger partial charge in [0.15, 0.2) is 0 Å². The normalized spacial score (nSPS) is 17.3. The molecule has 2 aromatic heterocycles. The van der Waals surface area contributed by atoms with E-state index in [0.29, 0.717) is 19.0 Å². The van der Waals surface area contributed by atoms with E-state index in [9.17, 15) is 8.42 Å². The molecule has 1 aliphatic heterocycles. The molecule has 0 aromatic carbocycles. The van der Waals surface area contributed by atoms with Crippen LogP contribution >= 0.6 is 0 Å². The fourth-order valence-corrected chi connectivity index (χ4v) is 4.47. The first kappa shape index (κ1) is 18.0. The monoisotopic (exact) mass is 364 g/mol. The van der Waals surface area contributed by atoms with E-state index in [1.165, 1.54) is 9.87 Å². The number of piperidine rings is 1. The highest BCUT2D eigenvalue weighted by Crippen LogP contribution is 2.32. The summed E-state index contributed by atoms with van der Waals surface area (Å²) in [6, 6.07) is 4.09. The van der Waals surface area contributed by atoms with Gasteiger partial charge in [0.05, 0.1) is 17.0 Å². The van der Waals surface area contributed by atoms with E-state index in [-0.39, 0.29) is 0 Å². The second-order valence-corrected chi connectivity index (χ2v) is 8.78. The van der Waals surface area contributed by atoms with Gasteiger partial charge < -0.3 is 4.52 Å². The zero-order valence-electron chi connectivity index (χ0n) is 15.1. The molecule has 0 saturated carbocycles. The lowest BCUT2D eigenvalue weighted by molar-refractivity contribution is 0.302. The van der Waals surface area contributed by atoms with E-state index < -0.39 is 10.2 Å². The molecule has 7 nitrogen and oxygen atoms in total. The lowest BCUT2D eigenvalue weighted by Gasteiger charge is -2.33. The molecule has 0 spiro atoms. The van der Waals surface area contributed by atoms with Crippen molar-refractivity contribution < 1.29 is 12.9 Å². The van der Waals surface area contributed by atoms with Crippen molar-refractivity contribution in [2.24, 2.45) is 0 Å². The van der Waals surface area contributed by atoms with E-state index in [1.54, 1.807) is 24.6 Å². The van der Waals surface area contributed by atoms with Crippen LogP contribution in [0.4, 0.5) is 0 Å². The van der Waals surface area contributed by atoms with Gasteiger partial charge in [-0.25, -0.2) is 0 Å². The highest BCUT2D eigenvalue weighted by molar-refractivity contribution is 7.86. The Kier molecular flexibility index (Phi) is 4.95. The van der Waals surface area contributed by atoms with Gasteiger partial charge in [-0.15, -0.1) is 0 Å². The standard InChI is InChI=1S/C17H24N4O3S/c1-12-17(13(2)24-19-12)16-11-15(5-8-18-16)14-6-9-21(10-7-14)25(22,23)20(3)4/h5,8,11,14H,6-7,9-10H2,1-4H3. The summed E-state index contributed by atoms with van der Waals surface area (Å²) >= 11 is 0. The molecule has 0 bridgehead atoms. The first-order valence-electron chi connectivity index (χ1n) is 8.37. The topological polar surface area (TPSA) is 79.5 Å². The lowest BCUT2D eigenvalue weighted by atomic mass is 9.90. The summed E-state index contributed by atoms with van der Waals surface area (Å²) in [7, 11) is -0.188. The summed E-state index contributed by atoms with van der Waals surface area (Å²) in [5.41, 5.74) is 3.81. The van der Waals surface area contributed by atoms with Gasteiger partial charge in [-0.05, 0) is 50.3 Å². The predicted octanol–water partition coefficient (Wildman–Crippen LogP) is 2.34. The van der Waals surface area contributed by atoms with Crippen LogP contribution in [0.1, 0.15) is 35.8 Å². The molecule has 1 saturated heterocycles. The van der Waals surface area contributed by atoms with E-state index in [0.717, 1.165) is 35.6 Å². The van der Waals surface area contributed by atoms with Gasteiger partial charge >= 0.3 is 0 Å². The minimum Gasteiger partial charge on any atom is -0.361 e. The number of hydrogen-bond acceptors (Lipinski definition) is 5. The Morgan fingerprint density at radius 1 is 1.24 bits per heavy atom. The second kappa shape index (κ2) is 6.86. The minimum atomic E-state index is -3.33. The molecule has 0 N–H and O–H groups in total. The number of hydrogen-bond donors (Lipinski definition) is 0. The van der Waals surface area contributed by atoms with Crippen molar-refractivity contribution in [3.05, 3.63) is 35.3 Å². The van der Waals surface area contributed by atoms with Gasteiger partial charge in [-0.2, -0.15) is 17.0 Å². The van der Waals surface area contributed by atoms with Crippen molar-refractivity contribution in [3.8, 4) is 11.3 Å². The summed E-state index contributed by atoms with van der Waals surface area (Å²) in [4.78, 5) is 4.46. The smallest absolute Gasteiger partial charge is 0.281 e. The molecule has 0 aliphatic carbocycles. The first-order chi connectivity index (χ1) is 11.8. The van der Waals surface area contributed by atoms with Gasteiger partial charge in [0, 0.05) is 33.4 Å². The van der Waals surface area contributed by atoms with Crippen LogP contribution in [0.3, 0.4) is 0 Å². The molecular formula is C17H24N4O3S. The van der Waals surface area contributed by atoms with E-state index in [2.05, 4.69) is 16.2 Å². The first-order valence-corrected chi connectivity index (χ1v) is 9.77.